The van der Waals surface area contributed by atoms with Gasteiger partial charge in [0.1, 0.15) is 24.7 Å². The molecule has 1 heterocycles. The molecule has 0 radical (unpaired) electrons. The van der Waals surface area contributed by atoms with Crippen molar-refractivity contribution < 1.29 is 13.5 Å². The topological polar surface area (TPSA) is 35.0 Å². The molecule has 0 aliphatic heterocycles. The normalized spacial score (nSPS) is 13.2. The highest BCUT2D eigenvalue weighted by Crippen LogP contribution is 2.21. The van der Waals surface area contributed by atoms with Gasteiger partial charge in [0.25, 0.3) is 0 Å². The average Bonchev–Trinajstić information content (AvgIpc) is 2.78. The molecule has 172 valence electrons. The van der Waals surface area contributed by atoms with Crippen molar-refractivity contribution in [2.75, 3.05) is 6.61 Å². The summed E-state index contributed by atoms with van der Waals surface area (Å²) in [5, 5.41) is 0. The lowest BCUT2D eigenvalue weighted by Crippen LogP contribution is -2.18. The van der Waals surface area contributed by atoms with Crippen LogP contribution in [-0.2, 0) is 6.42 Å². The summed E-state index contributed by atoms with van der Waals surface area (Å²) in [6, 6.07) is 7.28. The number of unbranched alkanes of at least 4 members (excludes halogenated alkanes) is 6. The first-order valence-electron chi connectivity index (χ1n) is 11.9. The molecule has 0 saturated heterocycles. The van der Waals surface area contributed by atoms with Crippen molar-refractivity contribution in [1.29, 1.82) is 0 Å². The summed E-state index contributed by atoms with van der Waals surface area (Å²) in [6.45, 7) is 4.00. The van der Waals surface area contributed by atoms with Crippen molar-refractivity contribution in [3.8, 4) is 17.1 Å². The highest BCUT2D eigenvalue weighted by atomic mass is 19.1. The van der Waals surface area contributed by atoms with Crippen LogP contribution in [-0.4, -0.2) is 28.9 Å². The zero-order valence-corrected chi connectivity index (χ0v) is 19.2. The van der Waals surface area contributed by atoms with Gasteiger partial charge >= 0.3 is 0 Å². The Hall–Kier alpha value is -2.04. The minimum Gasteiger partial charge on any atom is -0.491 e. The monoisotopic (exact) mass is 432 g/mol. The quantitative estimate of drug-likeness (QED) is 0.255. The largest absolute Gasteiger partial charge is 0.491 e. The van der Waals surface area contributed by atoms with Crippen molar-refractivity contribution in [3.63, 3.8) is 0 Å². The van der Waals surface area contributed by atoms with E-state index in [-0.39, 0.29) is 13.0 Å². The molecule has 5 heteroatoms. The summed E-state index contributed by atoms with van der Waals surface area (Å²) in [4.78, 5) is 8.98. The van der Waals surface area contributed by atoms with Gasteiger partial charge < -0.3 is 4.74 Å². The number of ether oxygens (including phenoxy) is 1. The van der Waals surface area contributed by atoms with Crippen LogP contribution in [0.2, 0.25) is 0 Å². The minimum atomic E-state index is -1.30. The van der Waals surface area contributed by atoms with Gasteiger partial charge in [-0.15, -0.1) is 0 Å². The van der Waals surface area contributed by atoms with Crippen LogP contribution in [0.1, 0.15) is 83.6 Å². The maximum absolute atomic E-state index is 13.8. The van der Waals surface area contributed by atoms with Crippen molar-refractivity contribution in [2.45, 2.75) is 96.8 Å². The van der Waals surface area contributed by atoms with E-state index < -0.39 is 12.3 Å². The lowest BCUT2D eigenvalue weighted by atomic mass is 10.1. The third-order valence-corrected chi connectivity index (χ3v) is 5.43. The number of rotatable bonds is 16. The Kier molecular flexibility index (Phi) is 12.1. The predicted octanol–water partition coefficient (Wildman–Crippen LogP) is 7.68. The molecule has 0 amide bonds. The van der Waals surface area contributed by atoms with Crippen molar-refractivity contribution >= 4 is 0 Å². The van der Waals surface area contributed by atoms with Gasteiger partial charge in [0, 0.05) is 24.4 Å². The van der Waals surface area contributed by atoms with Crippen molar-refractivity contribution in [3.05, 3.63) is 42.2 Å². The molecule has 0 aliphatic carbocycles. The number of hydrogen-bond donors (Lipinski definition) is 0. The van der Waals surface area contributed by atoms with Gasteiger partial charge in [-0.2, -0.15) is 0 Å². The molecule has 3 nitrogen and oxygen atoms in total. The van der Waals surface area contributed by atoms with Gasteiger partial charge in [-0.3, -0.25) is 0 Å². The third kappa shape index (κ3) is 10.2. The standard InChI is InChI=1S/C26H38F2N2O/c1-3-5-6-7-8-9-10-12-21-18-29-26(30-19-21)22-13-15-25(16-14-22)31-20-24(28)17-23(27)11-4-2/h13-16,18-19,23-24H,3-12,17,20H2,1-2H3. The molecular weight excluding hydrogens is 394 g/mol. The fourth-order valence-electron chi connectivity index (χ4n) is 3.58. The molecule has 0 N–H and O–H groups in total. The summed E-state index contributed by atoms with van der Waals surface area (Å²) in [7, 11) is 0. The Labute approximate surface area is 186 Å². The molecule has 1 aromatic carbocycles. The van der Waals surface area contributed by atoms with Crippen LogP contribution >= 0.6 is 0 Å². The van der Waals surface area contributed by atoms with Gasteiger partial charge in [-0.05, 0) is 49.1 Å². The van der Waals surface area contributed by atoms with E-state index in [1.165, 1.54) is 50.5 Å². The number of hydrogen-bond acceptors (Lipinski definition) is 3. The van der Waals surface area contributed by atoms with Gasteiger partial charge in [-0.1, -0.05) is 58.8 Å². The molecule has 1 aromatic heterocycles. The van der Waals surface area contributed by atoms with Crippen LogP contribution in [0.5, 0.6) is 5.75 Å². The first-order chi connectivity index (χ1) is 15.1. The second-order valence-electron chi connectivity index (χ2n) is 8.34. The number of aryl methyl sites for hydroxylation is 1. The third-order valence-electron chi connectivity index (χ3n) is 5.43. The summed E-state index contributed by atoms with van der Waals surface area (Å²) in [5.74, 6) is 1.23. The van der Waals surface area contributed by atoms with Gasteiger partial charge in [-0.25, -0.2) is 18.7 Å². The maximum atomic E-state index is 13.8. The highest BCUT2D eigenvalue weighted by molar-refractivity contribution is 5.55. The Morgan fingerprint density at radius 2 is 1.45 bits per heavy atom. The molecule has 0 bridgehead atoms. The molecule has 0 spiro atoms. The van der Waals surface area contributed by atoms with E-state index in [9.17, 15) is 8.78 Å². The Morgan fingerprint density at radius 3 is 2.10 bits per heavy atom. The van der Waals surface area contributed by atoms with Gasteiger partial charge in [0.05, 0.1) is 0 Å². The number of aromatic nitrogens is 2. The molecule has 2 aromatic rings. The summed E-state index contributed by atoms with van der Waals surface area (Å²) < 4.78 is 32.8. The van der Waals surface area contributed by atoms with Crippen molar-refractivity contribution in [2.24, 2.45) is 0 Å². The van der Waals surface area contributed by atoms with E-state index in [4.69, 9.17) is 4.74 Å². The first-order valence-corrected chi connectivity index (χ1v) is 11.9. The number of halogens is 2. The van der Waals surface area contributed by atoms with Crippen LogP contribution in [0.25, 0.3) is 11.4 Å². The predicted molar refractivity (Wildman–Crippen MR) is 124 cm³/mol. The average molecular weight is 433 g/mol. The highest BCUT2D eigenvalue weighted by Gasteiger charge is 2.15. The first kappa shape index (κ1) is 25.2. The molecule has 31 heavy (non-hydrogen) atoms. The fraction of sp³-hybridized carbons (Fsp3) is 0.615. The van der Waals surface area contributed by atoms with Crippen LogP contribution in [0.3, 0.4) is 0 Å². The van der Waals surface area contributed by atoms with E-state index >= 15 is 0 Å². The summed E-state index contributed by atoms with van der Waals surface area (Å²) >= 11 is 0. The van der Waals surface area contributed by atoms with Crippen LogP contribution in [0, 0.1) is 0 Å². The van der Waals surface area contributed by atoms with E-state index in [1.54, 1.807) is 12.1 Å². The lowest BCUT2D eigenvalue weighted by Gasteiger charge is -2.13. The molecule has 0 aliphatic rings. The molecule has 2 rings (SSSR count). The number of alkyl halides is 2. The van der Waals surface area contributed by atoms with Crippen LogP contribution < -0.4 is 4.74 Å². The summed E-state index contributed by atoms with van der Waals surface area (Å²) in [5.41, 5.74) is 2.05. The second-order valence-corrected chi connectivity index (χ2v) is 8.34. The van der Waals surface area contributed by atoms with E-state index in [1.807, 2.05) is 31.5 Å². The Balaban J connectivity index is 1.73. The Bertz CT molecular complexity index is 706. The van der Waals surface area contributed by atoms with Gasteiger partial charge in [0.15, 0.2) is 5.82 Å². The Morgan fingerprint density at radius 1 is 0.806 bits per heavy atom. The van der Waals surface area contributed by atoms with Crippen molar-refractivity contribution in [1.82, 2.24) is 9.97 Å². The number of nitrogens with zero attached hydrogens (tertiary/aromatic N) is 2. The van der Waals surface area contributed by atoms with E-state index in [0.29, 0.717) is 18.0 Å². The smallest absolute Gasteiger partial charge is 0.159 e. The van der Waals surface area contributed by atoms with E-state index in [0.717, 1.165) is 18.4 Å². The van der Waals surface area contributed by atoms with Crippen LogP contribution in [0.4, 0.5) is 8.78 Å². The zero-order chi connectivity index (χ0) is 22.3. The van der Waals surface area contributed by atoms with Crippen LogP contribution in [0.15, 0.2) is 36.7 Å². The SMILES string of the molecule is CCCCCCCCCc1cnc(-c2ccc(OCC(F)CC(F)CCC)cc2)nc1. The second kappa shape index (κ2) is 14.9. The number of benzene rings is 1. The molecular formula is C26H38F2N2O. The molecule has 0 fully saturated rings. The fourth-order valence-corrected chi connectivity index (χ4v) is 3.58. The lowest BCUT2D eigenvalue weighted by molar-refractivity contribution is 0.147. The zero-order valence-electron chi connectivity index (χ0n) is 19.2. The maximum Gasteiger partial charge on any atom is 0.159 e. The summed E-state index contributed by atoms with van der Waals surface area (Å²) in [6.07, 6.45) is 12.5. The minimum absolute atomic E-state index is 0.106. The molecule has 2 atom stereocenters. The molecule has 0 saturated carbocycles. The van der Waals surface area contributed by atoms with Gasteiger partial charge in [0.2, 0.25) is 0 Å². The van der Waals surface area contributed by atoms with E-state index in [2.05, 4.69) is 16.9 Å². The molecule has 2 unspecified atom stereocenters.